The summed E-state index contributed by atoms with van der Waals surface area (Å²) < 4.78 is 5.27. The van der Waals surface area contributed by atoms with E-state index >= 15 is 0 Å². The van der Waals surface area contributed by atoms with Crippen molar-refractivity contribution in [2.24, 2.45) is 0 Å². The van der Waals surface area contributed by atoms with Crippen LogP contribution < -0.4 is 10.1 Å². The first kappa shape index (κ1) is 11.7. The Balaban J connectivity index is 2.23. The van der Waals surface area contributed by atoms with Crippen molar-refractivity contribution in [3.05, 3.63) is 28.8 Å². The standard InChI is InChI=1S/C12H16ClNO2/c1-16-11-9(3-2-4-10(11)13)7-12(15)5-6-14-8-12/h2-4,14-15H,5-8H2,1H3. The Bertz CT molecular complexity index is 375. The Morgan fingerprint density at radius 2 is 2.38 bits per heavy atom. The molecule has 0 aromatic heterocycles. The molecule has 1 heterocycles. The third-order valence-electron chi connectivity index (χ3n) is 2.99. The Kier molecular flexibility index (Phi) is 3.38. The summed E-state index contributed by atoms with van der Waals surface area (Å²) in [4.78, 5) is 0. The second-order valence-electron chi connectivity index (χ2n) is 4.26. The molecule has 0 saturated carbocycles. The van der Waals surface area contributed by atoms with E-state index in [0.717, 1.165) is 18.5 Å². The lowest BCUT2D eigenvalue weighted by molar-refractivity contribution is 0.0612. The fourth-order valence-corrected chi connectivity index (χ4v) is 2.43. The molecular formula is C12H16ClNO2. The van der Waals surface area contributed by atoms with E-state index < -0.39 is 5.60 Å². The van der Waals surface area contributed by atoms with E-state index in [1.165, 1.54) is 0 Å². The quantitative estimate of drug-likeness (QED) is 0.845. The Morgan fingerprint density at radius 1 is 1.56 bits per heavy atom. The van der Waals surface area contributed by atoms with E-state index in [-0.39, 0.29) is 0 Å². The van der Waals surface area contributed by atoms with Gasteiger partial charge in [0.15, 0.2) is 0 Å². The number of para-hydroxylation sites is 1. The summed E-state index contributed by atoms with van der Waals surface area (Å²) in [6.45, 7) is 1.49. The molecule has 3 nitrogen and oxygen atoms in total. The molecule has 1 aliphatic rings. The number of aliphatic hydroxyl groups is 1. The molecule has 16 heavy (non-hydrogen) atoms. The van der Waals surface area contributed by atoms with Crippen LogP contribution in [0, 0.1) is 0 Å². The molecule has 2 N–H and O–H groups in total. The molecule has 1 atom stereocenters. The van der Waals surface area contributed by atoms with Gasteiger partial charge in [-0.25, -0.2) is 0 Å². The fourth-order valence-electron chi connectivity index (χ4n) is 2.16. The predicted molar refractivity (Wildman–Crippen MR) is 64.1 cm³/mol. The molecule has 0 bridgehead atoms. The highest BCUT2D eigenvalue weighted by Gasteiger charge is 2.32. The molecule has 1 fully saturated rings. The highest BCUT2D eigenvalue weighted by molar-refractivity contribution is 6.32. The molecule has 0 spiro atoms. The molecule has 1 unspecified atom stereocenters. The Morgan fingerprint density at radius 3 is 3.00 bits per heavy atom. The predicted octanol–water partition coefficient (Wildman–Crippen LogP) is 1.62. The second-order valence-corrected chi connectivity index (χ2v) is 4.67. The molecule has 1 aliphatic heterocycles. The number of halogens is 1. The van der Waals surface area contributed by atoms with Crippen LogP contribution in [0.4, 0.5) is 0 Å². The van der Waals surface area contributed by atoms with Gasteiger partial charge >= 0.3 is 0 Å². The topological polar surface area (TPSA) is 41.5 Å². The average molecular weight is 242 g/mol. The third-order valence-corrected chi connectivity index (χ3v) is 3.29. The number of nitrogens with one attached hydrogen (secondary N) is 1. The van der Waals surface area contributed by atoms with Gasteiger partial charge in [0.05, 0.1) is 17.7 Å². The van der Waals surface area contributed by atoms with Crippen molar-refractivity contribution in [2.45, 2.75) is 18.4 Å². The maximum atomic E-state index is 10.3. The fraction of sp³-hybridized carbons (Fsp3) is 0.500. The molecule has 0 aliphatic carbocycles. The Hall–Kier alpha value is -0.770. The zero-order valence-corrected chi connectivity index (χ0v) is 10.0. The maximum absolute atomic E-state index is 10.3. The molecule has 1 saturated heterocycles. The molecule has 1 aromatic carbocycles. The molecule has 0 radical (unpaired) electrons. The molecule has 1 aromatic rings. The van der Waals surface area contributed by atoms with Gasteiger partial charge in [-0.3, -0.25) is 0 Å². The second kappa shape index (κ2) is 4.62. The SMILES string of the molecule is COc1c(Cl)cccc1CC1(O)CCNC1. The van der Waals surface area contributed by atoms with Gasteiger partial charge in [0.25, 0.3) is 0 Å². The van der Waals surface area contributed by atoms with E-state index in [9.17, 15) is 5.11 Å². The van der Waals surface area contributed by atoms with Crippen molar-refractivity contribution >= 4 is 11.6 Å². The molecule has 88 valence electrons. The number of ether oxygens (including phenoxy) is 1. The number of hydrogen-bond acceptors (Lipinski definition) is 3. The van der Waals surface area contributed by atoms with Crippen molar-refractivity contribution in [1.82, 2.24) is 5.32 Å². The van der Waals surface area contributed by atoms with Crippen LogP contribution in [-0.2, 0) is 6.42 Å². The summed E-state index contributed by atoms with van der Waals surface area (Å²) in [7, 11) is 1.60. The number of benzene rings is 1. The van der Waals surface area contributed by atoms with Gasteiger partial charge in [-0.15, -0.1) is 0 Å². The average Bonchev–Trinajstić information content (AvgIpc) is 2.65. The van der Waals surface area contributed by atoms with Gasteiger partial charge < -0.3 is 15.2 Å². The van der Waals surface area contributed by atoms with Crippen molar-refractivity contribution in [3.8, 4) is 5.75 Å². The van der Waals surface area contributed by atoms with Crippen molar-refractivity contribution in [2.75, 3.05) is 20.2 Å². The number of rotatable bonds is 3. The van der Waals surface area contributed by atoms with E-state index in [0.29, 0.717) is 23.7 Å². The lowest BCUT2D eigenvalue weighted by atomic mass is 9.93. The first-order valence-corrected chi connectivity index (χ1v) is 5.77. The van der Waals surface area contributed by atoms with Crippen LogP contribution in [0.3, 0.4) is 0 Å². The van der Waals surface area contributed by atoms with E-state index in [1.54, 1.807) is 13.2 Å². The lowest BCUT2D eigenvalue weighted by Crippen LogP contribution is -2.33. The van der Waals surface area contributed by atoms with Gasteiger partial charge in [0.1, 0.15) is 5.75 Å². The van der Waals surface area contributed by atoms with Gasteiger partial charge in [-0.1, -0.05) is 23.7 Å². The number of hydrogen-bond donors (Lipinski definition) is 2. The van der Waals surface area contributed by atoms with Crippen LogP contribution in [0.2, 0.25) is 5.02 Å². The summed E-state index contributed by atoms with van der Waals surface area (Å²) >= 11 is 6.04. The first-order chi connectivity index (χ1) is 7.64. The van der Waals surface area contributed by atoms with Crippen LogP contribution in [0.25, 0.3) is 0 Å². The van der Waals surface area contributed by atoms with Crippen LogP contribution in [0.5, 0.6) is 5.75 Å². The maximum Gasteiger partial charge on any atom is 0.140 e. The summed E-state index contributed by atoms with van der Waals surface area (Å²) in [6, 6.07) is 5.62. The first-order valence-electron chi connectivity index (χ1n) is 5.39. The van der Waals surface area contributed by atoms with Gasteiger partial charge in [-0.05, 0) is 24.6 Å². The van der Waals surface area contributed by atoms with Crippen LogP contribution in [-0.4, -0.2) is 30.9 Å². The van der Waals surface area contributed by atoms with E-state index in [2.05, 4.69) is 5.32 Å². The lowest BCUT2D eigenvalue weighted by Gasteiger charge is -2.22. The molecule has 0 amide bonds. The minimum Gasteiger partial charge on any atom is -0.495 e. The number of methoxy groups -OCH3 is 1. The molecular weight excluding hydrogens is 226 g/mol. The monoisotopic (exact) mass is 241 g/mol. The van der Waals surface area contributed by atoms with Gasteiger partial charge in [-0.2, -0.15) is 0 Å². The minimum atomic E-state index is -0.669. The number of β-amino-alcohol motifs (C(OH)–C–C–N with tert-alkyl or cyclic N) is 1. The summed E-state index contributed by atoms with van der Waals surface area (Å²) in [5, 5.41) is 14.0. The largest absolute Gasteiger partial charge is 0.495 e. The minimum absolute atomic E-state index is 0.573. The highest BCUT2D eigenvalue weighted by atomic mass is 35.5. The highest BCUT2D eigenvalue weighted by Crippen LogP contribution is 2.32. The molecule has 4 heteroatoms. The van der Waals surface area contributed by atoms with Crippen LogP contribution in [0.1, 0.15) is 12.0 Å². The summed E-state index contributed by atoms with van der Waals surface area (Å²) in [5.41, 5.74) is 0.291. The van der Waals surface area contributed by atoms with E-state index in [1.807, 2.05) is 12.1 Å². The van der Waals surface area contributed by atoms with Crippen LogP contribution in [0.15, 0.2) is 18.2 Å². The normalized spacial score (nSPS) is 24.7. The smallest absolute Gasteiger partial charge is 0.140 e. The zero-order chi connectivity index (χ0) is 11.6. The summed E-state index contributed by atoms with van der Waals surface area (Å²) in [6.07, 6.45) is 1.34. The van der Waals surface area contributed by atoms with Gasteiger partial charge in [0.2, 0.25) is 0 Å². The molecule has 2 rings (SSSR count). The summed E-state index contributed by atoms with van der Waals surface area (Å²) in [5.74, 6) is 0.671. The van der Waals surface area contributed by atoms with Crippen molar-refractivity contribution in [1.29, 1.82) is 0 Å². The van der Waals surface area contributed by atoms with Crippen LogP contribution >= 0.6 is 11.6 Å². The zero-order valence-electron chi connectivity index (χ0n) is 9.29. The van der Waals surface area contributed by atoms with Gasteiger partial charge in [0, 0.05) is 13.0 Å². The van der Waals surface area contributed by atoms with Crippen molar-refractivity contribution < 1.29 is 9.84 Å². The van der Waals surface area contributed by atoms with E-state index in [4.69, 9.17) is 16.3 Å². The van der Waals surface area contributed by atoms with Crippen molar-refractivity contribution in [3.63, 3.8) is 0 Å². The Labute approximate surface area is 100 Å². The third kappa shape index (κ3) is 2.32.